The summed E-state index contributed by atoms with van der Waals surface area (Å²) in [6, 6.07) is 1.78. The predicted octanol–water partition coefficient (Wildman–Crippen LogP) is 2.27. The van der Waals surface area contributed by atoms with E-state index in [4.69, 9.17) is 0 Å². The van der Waals surface area contributed by atoms with E-state index in [1.807, 2.05) is 0 Å². The Morgan fingerprint density at radius 3 is 2.09 bits per heavy atom. The lowest BCUT2D eigenvalue weighted by molar-refractivity contribution is 0.105. The van der Waals surface area contributed by atoms with Gasteiger partial charge in [-0.05, 0) is 46.5 Å². The summed E-state index contributed by atoms with van der Waals surface area (Å²) < 4.78 is 0. The van der Waals surface area contributed by atoms with Crippen molar-refractivity contribution in [3.63, 3.8) is 0 Å². The summed E-state index contributed by atoms with van der Waals surface area (Å²) in [7, 11) is 0. The fourth-order valence-corrected chi connectivity index (χ4v) is 2.86. The lowest BCUT2D eigenvalue weighted by atomic mass is 10.0. The Morgan fingerprint density at radius 2 is 1.82 bits per heavy atom. The molecule has 0 unspecified atom stereocenters. The Labute approximate surface area is 69.8 Å². The van der Waals surface area contributed by atoms with Crippen LogP contribution in [0.1, 0.15) is 40.5 Å². The minimum Gasteiger partial charge on any atom is -0.293 e. The Bertz CT molecular complexity index is 166. The van der Waals surface area contributed by atoms with Gasteiger partial charge in [0.2, 0.25) is 0 Å². The number of nitrogens with zero attached hydrogens (tertiary/aromatic N) is 1. The number of piperidine rings is 1. The van der Waals surface area contributed by atoms with E-state index < -0.39 is 0 Å². The van der Waals surface area contributed by atoms with Crippen molar-refractivity contribution in [1.82, 2.24) is 4.90 Å². The molecule has 11 heavy (non-hydrogen) atoms. The van der Waals surface area contributed by atoms with Gasteiger partial charge in [0.15, 0.2) is 0 Å². The van der Waals surface area contributed by atoms with E-state index in [0.29, 0.717) is 5.54 Å². The molecule has 1 saturated heterocycles. The van der Waals surface area contributed by atoms with Gasteiger partial charge in [0, 0.05) is 17.6 Å². The van der Waals surface area contributed by atoms with Crippen molar-refractivity contribution in [3.8, 4) is 0 Å². The fraction of sp³-hybridized carbons (Fsp3) is 1.00. The molecule has 1 aliphatic carbocycles. The van der Waals surface area contributed by atoms with Crippen molar-refractivity contribution >= 4 is 0 Å². The average molecular weight is 153 g/mol. The van der Waals surface area contributed by atoms with Crippen LogP contribution in [0.4, 0.5) is 0 Å². The molecule has 1 saturated carbocycles. The van der Waals surface area contributed by atoms with E-state index in [-0.39, 0.29) is 0 Å². The minimum absolute atomic E-state index is 0.398. The third kappa shape index (κ3) is 1.10. The van der Waals surface area contributed by atoms with Crippen molar-refractivity contribution in [3.05, 3.63) is 0 Å². The van der Waals surface area contributed by atoms with Crippen LogP contribution in [0.5, 0.6) is 0 Å². The van der Waals surface area contributed by atoms with Crippen molar-refractivity contribution in [2.75, 3.05) is 0 Å². The second-order valence-electron chi connectivity index (χ2n) is 5.23. The van der Waals surface area contributed by atoms with Crippen LogP contribution in [-0.4, -0.2) is 22.5 Å². The number of rotatable bonds is 0. The molecule has 3 atom stereocenters. The Kier molecular flexibility index (Phi) is 1.39. The molecule has 2 aliphatic rings. The zero-order chi connectivity index (χ0) is 8.22. The zero-order valence-electron chi connectivity index (χ0n) is 8.09. The smallest absolute Gasteiger partial charge is 0.0136 e. The maximum Gasteiger partial charge on any atom is 0.0136 e. The Morgan fingerprint density at radius 1 is 1.18 bits per heavy atom. The molecule has 0 aromatic heterocycles. The van der Waals surface area contributed by atoms with Gasteiger partial charge >= 0.3 is 0 Å². The molecule has 0 spiro atoms. The molecule has 1 heteroatoms. The van der Waals surface area contributed by atoms with Crippen molar-refractivity contribution in [2.24, 2.45) is 5.92 Å². The topological polar surface area (TPSA) is 3.24 Å². The van der Waals surface area contributed by atoms with Gasteiger partial charge in [0.05, 0.1) is 0 Å². The first kappa shape index (κ1) is 7.60. The van der Waals surface area contributed by atoms with E-state index in [2.05, 4.69) is 32.6 Å². The summed E-state index contributed by atoms with van der Waals surface area (Å²) in [4.78, 5) is 2.71. The van der Waals surface area contributed by atoms with Crippen LogP contribution in [0.15, 0.2) is 0 Å². The normalized spacial score (nSPS) is 44.2. The molecule has 1 aliphatic heterocycles. The molecular formula is C10H19N. The highest BCUT2D eigenvalue weighted by atomic mass is 15.3. The highest BCUT2D eigenvalue weighted by Crippen LogP contribution is 2.50. The van der Waals surface area contributed by atoms with E-state index in [9.17, 15) is 0 Å². The predicted molar refractivity (Wildman–Crippen MR) is 47.6 cm³/mol. The molecule has 1 nitrogen and oxygen atoms in total. The molecule has 64 valence electrons. The van der Waals surface area contributed by atoms with Gasteiger partial charge in [-0.15, -0.1) is 0 Å². The minimum atomic E-state index is 0.398. The largest absolute Gasteiger partial charge is 0.293 e. The lowest BCUT2D eigenvalue weighted by Gasteiger charge is -2.37. The van der Waals surface area contributed by atoms with Crippen LogP contribution in [0.2, 0.25) is 0 Å². The SMILES string of the molecule is C[C@@H]1C[C@@H]2C[C@@H]2N1C(C)(C)C. The maximum absolute atomic E-state index is 2.71. The Balaban J connectivity index is 2.12. The summed E-state index contributed by atoms with van der Waals surface area (Å²) in [5.74, 6) is 1.06. The molecule has 0 N–H and O–H groups in total. The first-order valence-electron chi connectivity index (χ1n) is 4.78. The first-order valence-corrected chi connectivity index (χ1v) is 4.78. The van der Waals surface area contributed by atoms with Gasteiger partial charge in [0.1, 0.15) is 0 Å². The third-order valence-corrected chi connectivity index (χ3v) is 3.14. The van der Waals surface area contributed by atoms with Crippen molar-refractivity contribution in [1.29, 1.82) is 0 Å². The maximum atomic E-state index is 2.71. The van der Waals surface area contributed by atoms with Crippen LogP contribution in [0.25, 0.3) is 0 Å². The van der Waals surface area contributed by atoms with Crippen molar-refractivity contribution < 1.29 is 0 Å². The second kappa shape index (κ2) is 2.01. The first-order chi connectivity index (χ1) is 5.00. The van der Waals surface area contributed by atoms with Gasteiger partial charge in [-0.25, -0.2) is 0 Å². The molecule has 0 radical (unpaired) electrons. The molecule has 2 rings (SSSR count). The van der Waals surface area contributed by atoms with Gasteiger partial charge < -0.3 is 0 Å². The molecule has 1 heterocycles. The fourth-order valence-electron chi connectivity index (χ4n) is 2.86. The van der Waals surface area contributed by atoms with Crippen LogP contribution in [0, 0.1) is 5.92 Å². The highest BCUT2D eigenvalue weighted by molar-refractivity contribution is 5.07. The van der Waals surface area contributed by atoms with E-state index in [1.165, 1.54) is 12.8 Å². The van der Waals surface area contributed by atoms with Crippen molar-refractivity contribution in [2.45, 2.75) is 58.2 Å². The number of hydrogen-bond donors (Lipinski definition) is 0. The van der Waals surface area contributed by atoms with Crippen LogP contribution < -0.4 is 0 Å². The van der Waals surface area contributed by atoms with Crippen LogP contribution in [0.3, 0.4) is 0 Å². The van der Waals surface area contributed by atoms with Crippen LogP contribution in [-0.2, 0) is 0 Å². The van der Waals surface area contributed by atoms with Gasteiger partial charge in [-0.3, -0.25) is 4.90 Å². The van der Waals surface area contributed by atoms with E-state index in [1.54, 1.807) is 0 Å². The molecular weight excluding hydrogens is 134 g/mol. The summed E-state index contributed by atoms with van der Waals surface area (Å²) in [6.45, 7) is 9.38. The number of likely N-dealkylation sites (tertiary alicyclic amines) is 1. The molecule has 2 fully saturated rings. The molecule has 0 bridgehead atoms. The standard InChI is InChI=1S/C10H19N/c1-7-5-8-6-9(8)11(7)10(2,3)4/h7-9H,5-6H2,1-4H3/t7-,8-,9+/m1/s1. The summed E-state index contributed by atoms with van der Waals surface area (Å²) >= 11 is 0. The third-order valence-electron chi connectivity index (χ3n) is 3.14. The summed E-state index contributed by atoms with van der Waals surface area (Å²) in [5.41, 5.74) is 0.398. The van der Waals surface area contributed by atoms with E-state index >= 15 is 0 Å². The highest BCUT2D eigenvalue weighted by Gasteiger charge is 2.53. The summed E-state index contributed by atoms with van der Waals surface area (Å²) in [6.07, 6.45) is 2.92. The van der Waals surface area contributed by atoms with Gasteiger partial charge in [-0.1, -0.05) is 0 Å². The van der Waals surface area contributed by atoms with Gasteiger partial charge in [0.25, 0.3) is 0 Å². The molecule has 0 amide bonds. The van der Waals surface area contributed by atoms with Crippen LogP contribution >= 0.6 is 0 Å². The molecule has 0 aromatic rings. The van der Waals surface area contributed by atoms with Gasteiger partial charge in [-0.2, -0.15) is 0 Å². The van der Waals surface area contributed by atoms with E-state index in [0.717, 1.165) is 18.0 Å². The lowest BCUT2D eigenvalue weighted by Crippen LogP contribution is -2.45. The second-order valence-corrected chi connectivity index (χ2v) is 5.23. The zero-order valence-corrected chi connectivity index (χ0v) is 8.09. The summed E-state index contributed by atoms with van der Waals surface area (Å²) in [5, 5.41) is 0. The number of hydrogen-bond acceptors (Lipinski definition) is 1. The Hall–Kier alpha value is -0.0400. The number of fused-ring (bicyclic) bond motifs is 1. The monoisotopic (exact) mass is 153 g/mol. The quantitative estimate of drug-likeness (QED) is 0.516. The molecule has 0 aromatic carbocycles. The average Bonchev–Trinajstić information content (AvgIpc) is 2.38.